The van der Waals surface area contributed by atoms with Crippen LogP contribution in [-0.2, 0) is 21.7 Å². The van der Waals surface area contributed by atoms with Crippen molar-refractivity contribution in [3.8, 4) is 5.69 Å². The lowest BCUT2D eigenvalue weighted by Crippen LogP contribution is -2.47. The number of nitrogens with one attached hydrogen (secondary N) is 2. The number of hydrogen-bond donors (Lipinski definition) is 2. The maximum Gasteiger partial charge on any atom is 0.324 e. The SMILES string of the molecule is Cc1ccc(-n2nc(C(C)(C)C)cc2NC(=O)Nc2ccc(CC3CC4CCC(C3)N4C(=O)c3ccc(S(C)(=O)=O)cc3Cl)cc2)cc1. The fourth-order valence-corrected chi connectivity index (χ4v) is 7.86. The number of hydrogen-bond acceptors (Lipinski definition) is 5. The van der Waals surface area contributed by atoms with Gasteiger partial charge in [0.25, 0.3) is 5.91 Å². The van der Waals surface area contributed by atoms with Crippen LogP contribution in [0.3, 0.4) is 0 Å². The summed E-state index contributed by atoms with van der Waals surface area (Å²) in [5.41, 5.74) is 4.91. The normalized spacial score (nSPS) is 19.3. The van der Waals surface area contributed by atoms with E-state index in [4.69, 9.17) is 16.7 Å². The van der Waals surface area contributed by atoms with E-state index in [1.807, 2.05) is 66.4 Å². The molecule has 9 nitrogen and oxygen atoms in total. The van der Waals surface area contributed by atoms with Gasteiger partial charge >= 0.3 is 6.03 Å². The second-order valence-corrected chi connectivity index (χ2v) is 16.7. The number of aryl methyl sites for hydroxylation is 1. The van der Waals surface area contributed by atoms with E-state index in [0.717, 1.165) is 55.3 Å². The molecule has 252 valence electrons. The molecule has 2 N–H and O–H groups in total. The van der Waals surface area contributed by atoms with Crippen LogP contribution in [0.5, 0.6) is 0 Å². The average molecular weight is 688 g/mol. The second-order valence-electron chi connectivity index (χ2n) is 14.2. The Morgan fingerprint density at radius 3 is 2.15 bits per heavy atom. The molecule has 2 atom stereocenters. The Hall–Kier alpha value is -4.15. The van der Waals surface area contributed by atoms with Crippen LogP contribution < -0.4 is 10.6 Å². The predicted molar refractivity (Wildman–Crippen MR) is 190 cm³/mol. The van der Waals surface area contributed by atoms with Gasteiger partial charge in [0.1, 0.15) is 5.82 Å². The van der Waals surface area contributed by atoms with Crippen molar-refractivity contribution in [2.45, 2.75) is 82.2 Å². The summed E-state index contributed by atoms with van der Waals surface area (Å²) in [6.07, 6.45) is 5.70. The van der Waals surface area contributed by atoms with E-state index in [1.54, 1.807) is 4.68 Å². The first-order valence-corrected chi connectivity index (χ1v) is 18.6. The molecule has 2 aliphatic rings. The highest BCUT2D eigenvalue weighted by atomic mass is 35.5. The lowest BCUT2D eigenvalue weighted by Gasteiger charge is -2.39. The number of carbonyl (C=O) groups is 2. The van der Waals surface area contributed by atoms with Gasteiger partial charge in [0.2, 0.25) is 0 Å². The fraction of sp³-hybridized carbons (Fsp3) is 0.378. The molecule has 3 amide bonds. The summed E-state index contributed by atoms with van der Waals surface area (Å²) >= 11 is 6.39. The van der Waals surface area contributed by atoms with Crippen LogP contribution in [0.15, 0.2) is 77.7 Å². The van der Waals surface area contributed by atoms with Crippen molar-refractivity contribution < 1.29 is 18.0 Å². The Labute approximate surface area is 287 Å². The molecule has 2 saturated heterocycles. The molecule has 48 heavy (non-hydrogen) atoms. The van der Waals surface area contributed by atoms with Crippen LogP contribution in [0, 0.1) is 12.8 Å². The van der Waals surface area contributed by atoms with Gasteiger partial charge in [-0.1, -0.05) is 62.2 Å². The topological polar surface area (TPSA) is 113 Å². The molecular weight excluding hydrogens is 646 g/mol. The molecule has 2 fully saturated rings. The predicted octanol–water partition coefficient (Wildman–Crippen LogP) is 7.81. The van der Waals surface area contributed by atoms with Crippen LogP contribution in [0.1, 0.15) is 73.6 Å². The van der Waals surface area contributed by atoms with Crippen LogP contribution in [0.4, 0.5) is 16.3 Å². The minimum absolute atomic E-state index is 0.104. The minimum Gasteiger partial charge on any atom is -0.333 e. The summed E-state index contributed by atoms with van der Waals surface area (Å²) in [6, 6.07) is 22.1. The molecule has 0 radical (unpaired) electrons. The highest BCUT2D eigenvalue weighted by molar-refractivity contribution is 7.90. The molecule has 0 saturated carbocycles. The molecular formula is C37H42ClN5O4S. The van der Waals surface area contributed by atoms with Gasteiger partial charge in [-0.05, 0) is 93.0 Å². The van der Waals surface area contributed by atoms with E-state index >= 15 is 0 Å². The van der Waals surface area contributed by atoms with Gasteiger partial charge in [-0.3, -0.25) is 10.1 Å². The van der Waals surface area contributed by atoms with Gasteiger partial charge in [0, 0.05) is 35.5 Å². The molecule has 2 unspecified atom stereocenters. The highest BCUT2D eigenvalue weighted by Gasteiger charge is 2.43. The number of sulfone groups is 1. The lowest BCUT2D eigenvalue weighted by molar-refractivity contribution is 0.0524. The number of anilines is 2. The third-order valence-electron chi connectivity index (χ3n) is 9.40. The van der Waals surface area contributed by atoms with Gasteiger partial charge in [0.15, 0.2) is 9.84 Å². The van der Waals surface area contributed by atoms with E-state index in [2.05, 4.69) is 31.4 Å². The Balaban J connectivity index is 1.07. The van der Waals surface area contributed by atoms with E-state index in [-0.39, 0.29) is 39.4 Å². The van der Waals surface area contributed by atoms with E-state index in [1.165, 1.54) is 23.8 Å². The summed E-state index contributed by atoms with van der Waals surface area (Å²) in [5, 5.41) is 10.9. The molecule has 11 heteroatoms. The first kappa shape index (κ1) is 33.7. The number of rotatable bonds is 7. The Bertz CT molecular complexity index is 1930. The molecule has 4 aromatic rings. The Morgan fingerprint density at radius 2 is 1.56 bits per heavy atom. The van der Waals surface area contributed by atoms with Crippen molar-refractivity contribution in [2.24, 2.45) is 5.92 Å². The molecule has 6 rings (SSSR count). The first-order valence-electron chi connectivity index (χ1n) is 16.3. The number of aromatic nitrogens is 2. The molecule has 0 aliphatic carbocycles. The monoisotopic (exact) mass is 687 g/mol. The Kier molecular flexibility index (Phi) is 9.17. The van der Waals surface area contributed by atoms with Crippen molar-refractivity contribution in [1.29, 1.82) is 0 Å². The van der Waals surface area contributed by atoms with Crippen molar-refractivity contribution >= 4 is 44.9 Å². The lowest BCUT2D eigenvalue weighted by atomic mass is 9.85. The fourth-order valence-electron chi connectivity index (χ4n) is 6.88. The zero-order chi connectivity index (χ0) is 34.4. The number of fused-ring (bicyclic) bond motifs is 2. The van der Waals surface area contributed by atoms with Crippen LogP contribution in [0.2, 0.25) is 5.02 Å². The van der Waals surface area contributed by atoms with E-state index in [9.17, 15) is 18.0 Å². The van der Waals surface area contributed by atoms with Crippen molar-refractivity contribution in [1.82, 2.24) is 14.7 Å². The molecule has 3 heterocycles. The number of urea groups is 1. The first-order chi connectivity index (χ1) is 22.7. The van der Waals surface area contributed by atoms with Crippen molar-refractivity contribution in [2.75, 3.05) is 16.9 Å². The van der Waals surface area contributed by atoms with E-state index in [0.29, 0.717) is 23.0 Å². The number of nitrogens with zero attached hydrogens (tertiary/aromatic N) is 3. The summed E-state index contributed by atoms with van der Waals surface area (Å²) in [5.74, 6) is 0.887. The van der Waals surface area contributed by atoms with Gasteiger partial charge in [-0.25, -0.2) is 17.9 Å². The van der Waals surface area contributed by atoms with Gasteiger partial charge in [-0.2, -0.15) is 5.10 Å². The van der Waals surface area contributed by atoms with Crippen LogP contribution in [-0.4, -0.2) is 53.4 Å². The quantitative estimate of drug-likeness (QED) is 0.206. The molecule has 0 spiro atoms. The average Bonchev–Trinajstić information content (AvgIpc) is 3.56. The number of piperidine rings is 1. The third-order valence-corrected chi connectivity index (χ3v) is 10.8. The number of halogens is 1. The molecule has 3 aromatic carbocycles. The largest absolute Gasteiger partial charge is 0.333 e. The van der Waals surface area contributed by atoms with Crippen LogP contribution >= 0.6 is 11.6 Å². The summed E-state index contributed by atoms with van der Waals surface area (Å²) in [4.78, 5) is 28.7. The highest BCUT2D eigenvalue weighted by Crippen LogP contribution is 2.41. The minimum atomic E-state index is -3.41. The number of amides is 3. The summed E-state index contributed by atoms with van der Waals surface area (Å²) < 4.78 is 25.6. The third kappa shape index (κ3) is 7.29. The van der Waals surface area contributed by atoms with E-state index < -0.39 is 9.84 Å². The zero-order valence-corrected chi connectivity index (χ0v) is 29.5. The van der Waals surface area contributed by atoms with Gasteiger partial charge in [-0.15, -0.1) is 0 Å². The number of carbonyl (C=O) groups excluding carboxylic acids is 2. The van der Waals surface area contributed by atoms with Crippen molar-refractivity contribution in [3.63, 3.8) is 0 Å². The smallest absolute Gasteiger partial charge is 0.324 e. The molecule has 2 bridgehead atoms. The Morgan fingerprint density at radius 1 is 0.917 bits per heavy atom. The van der Waals surface area contributed by atoms with Crippen molar-refractivity contribution in [3.05, 3.63) is 100 Å². The van der Waals surface area contributed by atoms with Crippen LogP contribution in [0.25, 0.3) is 5.69 Å². The number of benzene rings is 3. The summed E-state index contributed by atoms with van der Waals surface area (Å²) in [7, 11) is -3.41. The molecule has 1 aromatic heterocycles. The second kappa shape index (κ2) is 13.0. The maximum atomic E-state index is 13.5. The standard InChI is InChI=1S/C37H42ClN5O4S/c1-23-6-12-27(13-7-23)43-34(22-33(41-43)37(2,3)4)40-36(45)39-26-10-8-24(9-11-26)18-25-19-28-14-15-29(20-25)42(28)35(44)31-17-16-30(21-32(31)38)48(5,46)47/h6-13,16-17,21-22,25,28-29H,14-15,18-20H2,1-5H3,(H2,39,40,45). The van der Waals surface area contributed by atoms with Gasteiger partial charge < -0.3 is 10.2 Å². The zero-order valence-electron chi connectivity index (χ0n) is 28.0. The van der Waals surface area contributed by atoms with Gasteiger partial charge in [0.05, 0.1) is 26.9 Å². The maximum absolute atomic E-state index is 13.5. The molecule has 2 aliphatic heterocycles. The summed E-state index contributed by atoms with van der Waals surface area (Å²) in [6.45, 7) is 8.31.